The van der Waals surface area contributed by atoms with Crippen LogP contribution in [0.15, 0.2) is 12.2 Å². The highest BCUT2D eigenvalue weighted by Crippen LogP contribution is 2.16. The molecule has 0 unspecified atom stereocenters. The van der Waals surface area contributed by atoms with Crippen LogP contribution in [0.5, 0.6) is 0 Å². The van der Waals surface area contributed by atoms with Crippen LogP contribution in [-0.4, -0.2) is 50.6 Å². The van der Waals surface area contributed by atoms with Gasteiger partial charge in [-0.05, 0) is 13.8 Å². The van der Waals surface area contributed by atoms with Crippen molar-refractivity contribution < 1.29 is 25.2 Å². The number of rotatable bonds is 5. The highest BCUT2D eigenvalue weighted by atomic mass is 16.4. The molecule has 0 aliphatic heterocycles. The Kier molecular flexibility index (Phi) is 4.93. The predicted octanol–water partition coefficient (Wildman–Crippen LogP) is -1.40. The number of hydrogen-bond donors (Lipinski definition) is 4. The predicted molar refractivity (Wildman–Crippen MR) is 49.5 cm³/mol. The molecule has 4 N–H and O–H groups in total. The minimum Gasteiger partial charge on any atom is -0.387 e. The monoisotopic (exact) mass is 204 g/mol. The van der Waals surface area contributed by atoms with E-state index in [1.165, 1.54) is 19.1 Å². The molecule has 0 amide bonds. The van der Waals surface area contributed by atoms with E-state index in [1.54, 1.807) is 6.92 Å². The molecular weight excluding hydrogens is 188 g/mol. The quantitative estimate of drug-likeness (QED) is 0.326. The maximum absolute atomic E-state index is 10.1. The van der Waals surface area contributed by atoms with Gasteiger partial charge in [0.05, 0.1) is 0 Å². The van der Waals surface area contributed by atoms with E-state index in [4.69, 9.17) is 5.11 Å². The third-order valence-corrected chi connectivity index (χ3v) is 1.92. The Morgan fingerprint density at radius 2 is 1.79 bits per heavy atom. The summed E-state index contributed by atoms with van der Waals surface area (Å²) in [5.74, 6) is 0. The van der Waals surface area contributed by atoms with E-state index in [9.17, 15) is 20.1 Å². The SMILES string of the molecule is C/C=C\[C@@](C)(O)[C@@H](O)[C@@H](O)[C@H](O)C=O. The number of hydrogen-bond acceptors (Lipinski definition) is 5. The van der Waals surface area contributed by atoms with Gasteiger partial charge < -0.3 is 25.2 Å². The van der Waals surface area contributed by atoms with Gasteiger partial charge in [-0.15, -0.1) is 0 Å². The van der Waals surface area contributed by atoms with E-state index in [0.717, 1.165) is 0 Å². The van der Waals surface area contributed by atoms with Crippen molar-refractivity contribution in [3.05, 3.63) is 12.2 Å². The summed E-state index contributed by atoms with van der Waals surface area (Å²) < 4.78 is 0. The van der Waals surface area contributed by atoms with Gasteiger partial charge in [-0.25, -0.2) is 0 Å². The molecule has 0 saturated carbocycles. The molecule has 0 rings (SSSR count). The molecule has 0 radical (unpaired) electrons. The number of carbonyl (C=O) groups excluding carboxylic acids is 1. The van der Waals surface area contributed by atoms with Gasteiger partial charge in [0.15, 0.2) is 6.29 Å². The van der Waals surface area contributed by atoms with Crippen molar-refractivity contribution in [2.24, 2.45) is 0 Å². The van der Waals surface area contributed by atoms with Gasteiger partial charge in [0, 0.05) is 0 Å². The lowest BCUT2D eigenvalue weighted by molar-refractivity contribution is -0.141. The zero-order valence-corrected chi connectivity index (χ0v) is 8.16. The molecule has 0 aromatic carbocycles. The van der Waals surface area contributed by atoms with Gasteiger partial charge in [0.1, 0.15) is 23.9 Å². The van der Waals surface area contributed by atoms with Crippen molar-refractivity contribution >= 4 is 6.29 Å². The zero-order valence-electron chi connectivity index (χ0n) is 8.16. The summed E-state index contributed by atoms with van der Waals surface area (Å²) in [6.07, 6.45) is -2.19. The first-order chi connectivity index (χ1) is 6.36. The van der Waals surface area contributed by atoms with Crippen molar-refractivity contribution in [3.63, 3.8) is 0 Å². The van der Waals surface area contributed by atoms with Crippen LogP contribution >= 0.6 is 0 Å². The second-order valence-corrected chi connectivity index (χ2v) is 3.29. The highest BCUT2D eigenvalue weighted by molar-refractivity contribution is 5.56. The topological polar surface area (TPSA) is 98.0 Å². The Bertz CT molecular complexity index is 211. The molecule has 0 heterocycles. The van der Waals surface area contributed by atoms with Gasteiger partial charge in [0.25, 0.3) is 0 Å². The lowest BCUT2D eigenvalue weighted by Crippen LogP contribution is -2.50. The summed E-state index contributed by atoms with van der Waals surface area (Å²) in [6, 6.07) is 0. The van der Waals surface area contributed by atoms with Crippen LogP contribution in [0.2, 0.25) is 0 Å². The summed E-state index contributed by atoms with van der Waals surface area (Å²) in [4.78, 5) is 10.1. The van der Waals surface area contributed by atoms with Gasteiger partial charge in [0.2, 0.25) is 0 Å². The van der Waals surface area contributed by atoms with Crippen molar-refractivity contribution in [1.82, 2.24) is 0 Å². The van der Waals surface area contributed by atoms with E-state index in [0.29, 0.717) is 0 Å². The normalized spacial score (nSPS) is 22.7. The summed E-state index contributed by atoms with van der Waals surface area (Å²) in [5.41, 5.74) is -1.68. The van der Waals surface area contributed by atoms with E-state index in [2.05, 4.69) is 0 Å². The molecule has 82 valence electrons. The van der Waals surface area contributed by atoms with Crippen molar-refractivity contribution in [2.75, 3.05) is 0 Å². The van der Waals surface area contributed by atoms with Gasteiger partial charge in [-0.2, -0.15) is 0 Å². The van der Waals surface area contributed by atoms with Crippen LogP contribution in [-0.2, 0) is 4.79 Å². The molecule has 0 aliphatic rings. The van der Waals surface area contributed by atoms with Crippen molar-refractivity contribution in [3.8, 4) is 0 Å². The second kappa shape index (κ2) is 5.21. The van der Waals surface area contributed by atoms with Crippen LogP contribution in [0.4, 0.5) is 0 Å². The van der Waals surface area contributed by atoms with Gasteiger partial charge >= 0.3 is 0 Å². The Balaban J connectivity index is 4.59. The molecule has 0 aromatic heterocycles. The zero-order chi connectivity index (χ0) is 11.4. The Morgan fingerprint density at radius 3 is 2.14 bits per heavy atom. The fourth-order valence-electron chi connectivity index (χ4n) is 1.05. The van der Waals surface area contributed by atoms with Gasteiger partial charge in [-0.1, -0.05) is 12.2 Å². The van der Waals surface area contributed by atoms with Gasteiger partial charge in [-0.3, -0.25) is 0 Å². The minimum absolute atomic E-state index is 0.0969. The Morgan fingerprint density at radius 1 is 1.29 bits per heavy atom. The maximum Gasteiger partial charge on any atom is 0.151 e. The molecule has 0 aromatic rings. The first-order valence-corrected chi connectivity index (χ1v) is 4.22. The molecule has 5 heteroatoms. The van der Waals surface area contributed by atoms with Crippen LogP contribution < -0.4 is 0 Å². The highest BCUT2D eigenvalue weighted by Gasteiger charge is 2.36. The maximum atomic E-state index is 10.1. The van der Waals surface area contributed by atoms with E-state index in [1.807, 2.05) is 0 Å². The molecule has 0 bridgehead atoms. The Labute approximate surface area is 82.3 Å². The lowest BCUT2D eigenvalue weighted by Gasteiger charge is -2.30. The number of carbonyl (C=O) groups is 1. The molecule has 0 fully saturated rings. The van der Waals surface area contributed by atoms with Crippen LogP contribution in [0.1, 0.15) is 13.8 Å². The molecule has 0 spiro atoms. The second-order valence-electron chi connectivity index (χ2n) is 3.29. The van der Waals surface area contributed by atoms with Crippen LogP contribution in [0.3, 0.4) is 0 Å². The van der Waals surface area contributed by atoms with Crippen molar-refractivity contribution in [1.29, 1.82) is 0 Å². The van der Waals surface area contributed by atoms with E-state index in [-0.39, 0.29) is 6.29 Å². The third kappa shape index (κ3) is 3.19. The number of allylic oxidation sites excluding steroid dienone is 1. The molecule has 14 heavy (non-hydrogen) atoms. The largest absolute Gasteiger partial charge is 0.387 e. The first-order valence-electron chi connectivity index (χ1n) is 4.22. The molecule has 5 nitrogen and oxygen atoms in total. The average molecular weight is 204 g/mol. The molecule has 0 aliphatic carbocycles. The summed E-state index contributed by atoms with van der Waals surface area (Å²) in [7, 11) is 0. The number of aldehydes is 1. The van der Waals surface area contributed by atoms with Crippen LogP contribution in [0.25, 0.3) is 0 Å². The van der Waals surface area contributed by atoms with Crippen LogP contribution in [0, 0.1) is 0 Å². The molecule has 4 atom stereocenters. The summed E-state index contributed by atoms with van der Waals surface area (Å²) in [5, 5.41) is 37.1. The smallest absolute Gasteiger partial charge is 0.151 e. The first kappa shape index (κ1) is 13.2. The molecule has 0 saturated heterocycles. The third-order valence-electron chi connectivity index (χ3n) is 1.92. The fourth-order valence-corrected chi connectivity index (χ4v) is 1.05. The lowest BCUT2D eigenvalue weighted by atomic mass is 9.92. The standard InChI is InChI=1S/C9H16O5/c1-3-4-9(2,14)8(13)7(12)6(11)5-10/h3-8,11-14H,1-2H3/b4-3-/t6-,7+,8+,9-/m1/s1. The fraction of sp³-hybridized carbons (Fsp3) is 0.667. The molecular formula is C9H16O5. The van der Waals surface area contributed by atoms with Crippen molar-refractivity contribution in [2.45, 2.75) is 37.8 Å². The minimum atomic E-state index is -1.71. The summed E-state index contributed by atoms with van der Waals surface area (Å²) >= 11 is 0. The average Bonchev–Trinajstić information content (AvgIpc) is 2.14. The summed E-state index contributed by atoms with van der Waals surface area (Å²) in [6.45, 7) is 2.89. The number of aliphatic hydroxyl groups is 4. The number of aliphatic hydroxyl groups excluding tert-OH is 3. The Hall–Kier alpha value is -0.750. The van der Waals surface area contributed by atoms with E-state index >= 15 is 0 Å². The van der Waals surface area contributed by atoms with E-state index < -0.39 is 23.9 Å².